The maximum absolute atomic E-state index is 12.5. The minimum Gasteiger partial charge on any atom is -0.453 e. The number of carbonyl (C=O) groups is 1. The molecule has 0 aromatic heterocycles. The van der Waals surface area contributed by atoms with Gasteiger partial charge in [0.15, 0.2) is 0 Å². The highest BCUT2D eigenvalue weighted by Crippen LogP contribution is 2.33. The lowest BCUT2D eigenvalue weighted by Gasteiger charge is -2.34. The van der Waals surface area contributed by atoms with Crippen molar-refractivity contribution in [1.29, 1.82) is 0 Å². The predicted molar refractivity (Wildman–Crippen MR) is 116 cm³/mol. The van der Waals surface area contributed by atoms with Crippen molar-refractivity contribution in [2.24, 2.45) is 0 Å². The van der Waals surface area contributed by atoms with Crippen molar-refractivity contribution in [3.05, 3.63) is 82.3 Å². The summed E-state index contributed by atoms with van der Waals surface area (Å²) in [5, 5.41) is 11.4. The fourth-order valence-corrected chi connectivity index (χ4v) is 3.63. The van der Waals surface area contributed by atoms with Crippen LogP contribution in [-0.2, 0) is 10.3 Å². The number of methoxy groups -OCH3 is 1. The average molecular weight is 446 g/mol. The minimum absolute atomic E-state index is 0.189. The number of hydrogen-bond donors (Lipinski definition) is 1. The number of ether oxygens (including phenoxy) is 1. The second kappa shape index (κ2) is 9.89. The lowest BCUT2D eigenvalue weighted by Crippen LogP contribution is -2.38. The van der Waals surface area contributed by atoms with Crippen LogP contribution in [0.1, 0.15) is 43.9 Å². The van der Waals surface area contributed by atoms with Crippen molar-refractivity contribution in [3.63, 3.8) is 0 Å². The third-order valence-electron chi connectivity index (χ3n) is 4.90. The normalized spacial score (nSPS) is 14.0. The summed E-state index contributed by atoms with van der Waals surface area (Å²) >= 11 is 3.43. The standard InChI is InChI=1S/C23H28BrNO3/c1-17(2)16-23(27,20-8-6-5-7-9-20)14-15-25(22(26)28-4)18(3)19-10-12-21(24)13-11-19/h5-13,18,27H,1,14-16H2,2-4H3/t18?,23-/m1/s1. The van der Waals surface area contributed by atoms with Crippen LogP contribution in [0.3, 0.4) is 0 Å². The molecule has 1 amide bonds. The molecule has 0 radical (unpaired) electrons. The zero-order valence-corrected chi connectivity index (χ0v) is 18.3. The van der Waals surface area contributed by atoms with E-state index < -0.39 is 11.7 Å². The van der Waals surface area contributed by atoms with Gasteiger partial charge in [-0.3, -0.25) is 0 Å². The van der Waals surface area contributed by atoms with Crippen molar-refractivity contribution >= 4 is 22.0 Å². The Balaban J connectivity index is 2.26. The van der Waals surface area contributed by atoms with Crippen LogP contribution in [-0.4, -0.2) is 29.8 Å². The second-order valence-electron chi connectivity index (χ2n) is 7.17. The Kier molecular flexibility index (Phi) is 7.84. The summed E-state index contributed by atoms with van der Waals surface area (Å²) in [4.78, 5) is 14.1. The number of halogens is 1. The Labute approximate surface area is 176 Å². The van der Waals surface area contributed by atoms with E-state index in [0.717, 1.165) is 21.2 Å². The molecular formula is C23H28BrNO3. The van der Waals surface area contributed by atoms with E-state index in [9.17, 15) is 9.90 Å². The van der Waals surface area contributed by atoms with Crippen LogP contribution in [0.25, 0.3) is 0 Å². The van der Waals surface area contributed by atoms with Gasteiger partial charge in [0, 0.05) is 17.4 Å². The van der Waals surface area contributed by atoms with Crippen molar-refractivity contribution in [1.82, 2.24) is 4.90 Å². The van der Waals surface area contributed by atoms with Gasteiger partial charge in [0.05, 0.1) is 18.8 Å². The Morgan fingerprint density at radius 3 is 2.36 bits per heavy atom. The van der Waals surface area contributed by atoms with E-state index in [1.54, 1.807) is 4.90 Å². The first-order valence-corrected chi connectivity index (χ1v) is 10.1. The summed E-state index contributed by atoms with van der Waals surface area (Å²) < 4.78 is 5.99. The molecule has 28 heavy (non-hydrogen) atoms. The summed E-state index contributed by atoms with van der Waals surface area (Å²) in [5.74, 6) is 0. The molecule has 150 valence electrons. The van der Waals surface area contributed by atoms with Gasteiger partial charge in [0.25, 0.3) is 0 Å². The van der Waals surface area contributed by atoms with Gasteiger partial charge in [-0.2, -0.15) is 0 Å². The van der Waals surface area contributed by atoms with Gasteiger partial charge in [-0.15, -0.1) is 6.58 Å². The van der Waals surface area contributed by atoms with Crippen molar-refractivity contribution in [3.8, 4) is 0 Å². The quantitative estimate of drug-likeness (QED) is 0.520. The Morgan fingerprint density at radius 1 is 1.21 bits per heavy atom. The molecule has 0 spiro atoms. The van der Waals surface area contributed by atoms with Gasteiger partial charge in [-0.05, 0) is 43.5 Å². The topological polar surface area (TPSA) is 49.8 Å². The highest BCUT2D eigenvalue weighted by molar-refractivity contribution is 9.10. The van der Waals surface area contributed by atoms with E-state index >= 15 is 0 Å². The minimum atomic E-state index is -1.10. The molecule has 1 N–H and O–H groups in total. The summed E-state index contributed by atoms with van der Waals surface area (Å²) in [6, 6.07) is 17.2. The third-order valence-corrected chi connectivity index (χ3v) is 5.43. The molecule has 2 aromatic rings. The third kappa shape index (κ3) is 5.69. The van der Waals surface area contributed by atoms with E-state index in [4.69, 9.17) is 4.74 Å². The maximum atomic E-state index is 12.5. The molecule has 0 fully saturated rings. The number of hydrogen-bond acceptors (Lipinski definition) is 3. The fraction of sp³-hybridized carbons (Fsp3) is 0.348. The molecule has 0 saturated heterocycles. The molecule has 0 aliphatic rings. The monoisotopic (exact) mass is 445 g/mol. The van der Waals surface area contributed by atoms with Crippen LogP contribution in [0.5, 0.6) is 0 Å². The van der Waals surface area contributed by atoms with Crippen LogP contribution >= 0.6 is 15.9 Å². The molecule has 5 heteroatoms. The fourth-order valence-electron chi connectivity index (χ4n) is 3.37. The van der Waals surface area contributed by atoms with Crippen molar-refractivity contribution < 1.29 is 14.6 Å². The number of amides is 1. The van der Waals surface area contributed by atoms with Crippen LogP contribution < -0.4 is 0 Å². The highest BCUT2D eigenvalue weighted by Gasteiger charge is 2.32. The number of carbonyl (C=O) groups excluding carboxylic acids is 1. The van der Waals surface area contributed by atoms with Crippen LogP contribution in [0, 0.1) is 0 Å². The SMILES string of the molecule is C=C(C)C[C@](O)(CCN(C(=O)OC)C(C)c1ccc(Br)cc1)c1ccccc1. The summed E-state index contributed by atoms with van der Waals surface area (Å²) in [7, 11) is 1.38. The first kappa shape index (κ1) is 22.2. The number of nitrogens with zero attached hydrogens (tertiary/aromatic N) is 1. The number of benzene rings is 2. The van der Waals surface area contributed by atoms with E-state index in [1.807, 2.05) is 68.4 Å². The second-order valence-corrected chi connectivity index (χ2v) is 8.09. The zero-order valence-electron chi connectivity index (χ0n) is 16.7. The molecule has 2 rings (SSSR count). The molecule has 2 aromatic carbocycles. The molecule has 0 aliphatic heterocycles. The molecular weight excluding hydrogens is 418 g/mol. The van der Waals surface area contributed by atoms with Gasteiger partial charge in [-0.25, -0.2) is 4.79 Å². The van der Waals surface area contributed by atoms with E-state index in [2.05, 4.69) is 22.5 Å². The molecule has 1 unspecified atom stereocenters. The van der Waals surface area contributed by atoms with Crippen LogP contribution in [0.15, 0.2) is 71.2 Å². The maximum Gasteiger partial charge on any atom is 0.409 e. The molecule has 0 heterocycles. The lowest BCUT2D eigenvalue weighted by molar-refractivity contribution is 0.0136. The summed E-state index contributed by atoms with van der Waals surface area (Å²) in [6.07, 6.45) is 0.389. The number of rotatable bonds is 8. The first-order valence-electron chi connectivity index (χ1n) is 9.29. The molecule has 0 saturated carbocycles. The van der Waals surface area contributed by atoms with Gasteiger partial charge in [0.2, 0.25) is 0 Å². The van der Waals surface area contributed by atoms with Gasteiger partial charge in [0.1, 0.15) is 0 Å². The smallest absolute Gasteiger partial charge is 0.409 e. The average Bonchev–Trinajstić information content (AvgIpc) is 2.68. The lowest BCUT2D eigenvalue weighted by atomic mass is 9.84. The van der Waals surface area contributed by atoms with Crippen molar-refractivity contribution in [2.45, 2.75) is 38.3 Å². The van der Waals surface area contributed by atoms with Crippen LogP contribution in [0.2, 0.25) is 0 Å². The molecule has 4 nitrogen and oxygen atoms in total. The van der Waals surface area contributed by atoms with Crippen LogP contribution in [0.4, 0.5) is 4.79 Å². The van der Waals surface area contributed by atoms with E-state index in [0.29, 0.717) is 19.4 Å². The Hall–Kier alpha value is -2.11. The summed E-state index contributed by atoms with van der Waals surface area (Å²) in [6.45, 7) is 8.17. The largest absolute Gasteiger partial charge is 0.453 e. The van der Waals surface area contributed by atoms with E-state index in [1.165, 1.54) is 7.11 Å². The molecule has 0 aliphatic carbocycles. The zero-order chi connectivity index (χ0) is 20.7. The molecule has 2 atom stereocenters. The Bertz CT molecular complexity index is 791. The first-order chi connectivity index (χ1) is 13.3. The van der Waals surface area contributed by atoms with Crippen molar-refractivity contribution in [2.75, 3.05) is 13.7 Å². The number of aliphatic hydroxyl groups is 1. The van der Waals surface area contributed by atoms with Gasteiger partial charge < -0.3 is 14.7 Å². The molecule has 0 bridgehead atoms. The van der Waals surface area contributed by atoms with E-state index in [-0.39, 0.29) is 6.04 Å². The summed E-state index contributed by atoms with van der Waals surface area (Å²) in [5.41, 5.74) is 1.60. The van der Waals surface area contributed by atoms with Gasteiger partial charge in [-0.1, -0.05) is 64.0 Å². The predicted octanol–water partition coefficient (Wildman–Crippen LogP) is 5.82. The Morgan fingerprint density at radius 2 is 1.82 bits per heavy atom. The van der Waals surface area contributed by atoms with Gasteiger partial charge >= 0.3 is 6.09 Å². The highest BCUT2D eigenvalue weighted by atomic mass is 79.9.